The Bertz CT molecular complexity index is 470. The zero-order valence-corrected chi connectivity index (χ0v) is 10.7. The maximum Gasteiger partial charge on any atom is 0.128 e. The van der Waals surface area contributed by atoms with Gasteiger partial charge < -0.3 is 14.6 Å². The fraction of sp³-hybridized carbons (Fsp3) is 0.467. The molecule has 102 valence electrons. The Kier molecular flexibility index (Phi) is 5.20. The molecule has 0 amide bonds. The van der Waals surface area contributed by atoms with Gasteiger partial charge in [-0.3, -0.25) is 0 Å². The van der Waals surface area contributed by atoms with Crippen LogP contribution in [0.15, 0.2) is 18.2 Å². The number of halogens is 1. The molecule has 0 aliphatic carbocycles. The molecular weight excluding hydrogens is 247 g/mol. The van der Waals surface area contributed by atoms with E-state index >= 15 is 0 Å². The number of ether oxygens (including phenoxy) is 2. The largest absolute Gasteiger partial charge is 0.493 e. The van der Waals surface area contributed by atoms with E-state index in [1.807, 2.05) is 0 Å². The molecule has 0 saturated carbocycles. The lowest BCUT2D eigenvalue weighted by atomic mass is 10.0. The third-order valence-corrected chi connectivity index (χ3v) is 3.01. The highest BCUT2D eigenvalue weighted by Crippen LogP contribution is 2.20. The molecule has 3 nitrogen and oxygen atoms in total. The third-order valence-electron chi connectivity index (χ3n) is 3.01. The van der Waals surface area contributed by atoms with Gasteiger partial charge in [0.1, 0.15) is 18.2 Å². The summed E-state index contributed by atoms with van der Waals surface area (Å²) < 4.78 is 24.3. The highest BCUT2D eigenvalue weighted by Gasteiger charge is 2.14. The van der Waals surface area contributed by atoms with Crippen LogP contribution in [-0.4, -0.2) is 31.5 Å². The second-order valence-electron chi connectivity index (χ2n) is 4.50. The Morgan fingerprint density at radius 1 is 1.32 bits per heavy atom. The lowest BCUT2D eigenvalue weighted by Gasteiger charge is -2.22. The van der Waals surface area contributed by atoms with Crippen LogP contribution in [0.2, 0.25) is 0 Å². The van der Waals surface area contributed by atoms with Crippen molar-refractivity contribution >= 4 is 0 Å². The summed E-state index contributed by atoms with van der Waals surface area (Å²) in [5.74, 6) is 5.72. The van der Waals surface area contributed by atoms with Gasteiger partial charge in [0.05, 0.1) is 6.61 Å². The number of aliphatic hydroxyl groups excluding tert-OH is 1. The van der Waals surface area contributed by atoms with E-state index < -0.39 is 0 Å². The van der Waals surface area contributed by atoms with Crippen molar-refractivity contribution in [3.05, 3.63) is 29.6 Å². The topological polar surface area (TPSA) is 38.7 Å². The molecule has 1 aromatic rings. The van der Waals surface area contributed by atoms with E-state index in [1.165, 1.54) is 12.1 Å². The minimum Gasteiger partial charge on any atom is -0.493 e. The van der Waals surface area contributed by atoms with Crippen LogP contribution in [-0.2, 0) is 4.74 Å². The molecule has 4 heteroatoms. The van der Waals surface area contributed by atoms with Crippen LogP contribution in [0.5, 0.6) is 5.75 Å². The van der Waals surface area contributed by atoms with Crippen molar-refractivity contribution < 1.29 is 19.0 Å². The van der Waals surface area contributed by atoms with Gasteiger partial charge in [-0.1, -0.05) is 11.8 Å². The number of hydrogen-bond donors (Lipinski definition) is 1. The first-order valence-electron chi connectivity index (χ1n) is 6.39. The van der Waals surface area contributed by atoms with Crippen LogP contribution < -0.4 is 4.74 Å². The average Bonchev–Trinajstić information content (AvgIpc) is 2.43. The van der Waals surface area contributed by atoms with Gasteiger partial charge in [-0.25, -0.2) is 4.39 Å². The summed E-state index contributed by atoms with van der Waals surface area (Å²) in [6.45, 7) is 1.86. The Labute approximate surface area is 112 Å². The maximum absolute atomic E-state index is 13.4. The van der Waals surface area contributed by atoms with Crippen molar-refractivity contribution in [1.82, 2.24) is 0 Å². The molecule has 0 aromatic heterocycles. The lowest BCUT2D eigenvalue weighted by molar-refractivity contribution is 0.0497. The molecule has 1 aliphatic rings. The van der Waals surface area contributed by atoms with E-state index in [-0.39, 0.29) is 12.4 Å². The Morgan fingerprint density at radius 3 is 2.84 bits per heavy atom. The zero-order valence-electron chi connectivity index (χ0n) is 10.7. The van der Waals surface area contributed by atoms with E-state index in [1.54, 1.807) is 6.07 Å². The van der Waals surface area contributed by atoms with Crippen molar-refractivity contribution in [1.29, 1.82) is 0 Å². The highest BCUT2D eigenvalue weighted by molar-refractivity contribution is 5.40. The van der Waals surface area contributed by atoms with Crippen LogP contribution in [0.1, 0.15) is 18.4 Å². The Morgan fingerprint density at radius 2 is 2.11 bits per heavy atom. The first-order valence-corrected chi connectivity index (χ1v) is 6.39. The summed E-state index contributed by atoms with van der Waals surface area (Å²) >= 11 is 0. The fourth-order valence-electron chi connectivity index (χ4n) is 1.99. The molecular formula is C15H17FO3. The molecule has 1 heterocycles. The average molecular weight is 264 g/mol. The van der Waals surface area contributed by atoms with Crippen molar-refractivity contribution in [3.63, 3.8) is 0 Å². The van der Waals surface area contributed by atoms with Gasteiger partial charge in [-0.05, 0) is 30.9 Å². The molecule has 1 fully saturated rings. The molecule has 0 spiro atoms. The predicted molar refractivity (Wildman–Crippen MR) is 69.4 cm³/mol. The summed E-state index contributed by atoms with van der Waals surface area (Å²) in [5, 5.41) is 8.63. The summed E-state index contributed by atoms with van der Waals surface area (Å²) in [6.07, 6.45) is 1.96. The summed E-state index contributed by atoms with van der Waals surface area (Å²) in [4.78, 5) is 0. The summed E-state index contributed by atoms with van der Waals surface area (Å²) in [7, 11) is 0. The molecule has 1 saturated heterocycles. The Balaban J connectivity index is 1.97. The lowest BCUT2D eigenvalue weighted by Crippen LogP contribution is -2.21. The molecule has 1 N–H and O–H groups in total. The fourth-order valence-corrected chi connectivity index (χ4v) is 1.99. The molecule has 19 heavy (non-hydrogen) atoms. The number of benzene rings is 1. The molecule has 0 radical (unpaired) electrons. The predicted octanol–water partition coefficient (Wildman–Crippen LogP) is 1.97. The van der Waals surface area contributed by atoms with Gasteiger partial charge in [0, 0.05) is 24.8 Å². The van der Waals surface area contributed by atoms with Gasteiger partial charge >= 0.3 is 0 Å². The van der Waals surface area contributed by atoms with Crippen LogP contribution in [0, 0.1) is 23.6 Å². The number of aliphatic hydroxyl groups is 1. The van der Waals surface area contributed by atoms with Crippen molar-refractivity contribution in [2.24, 2.45) is 5.92 Å². The van der Waals surface area contributed by atoms with Crippen molar-refractivity contribution in [2.75, 3.05) is 26.4 Å². The number of hydrogen-bond acceptors (Lipinski definition) is 3. The molecule has 2 rings (SSSR count). The first-order chi connectivity index (χ1) is 9.28. The van der Waals surface area contributed by atoms with Gasteiger partial charge in [0.25, 0.3) is 0 Å². The smallest absolute Gasteiger partial charge is 0.128 e. The van der Waals surface area contributed by atoms with Crippen LogP contribution >= 0.6 is 0 Å². The highest BCUT2D eigenvalue weighted by atomic mass is 19.1. The molecule has 0 bridgehead atoms. The van der Waals surface area contributed by atoms with Gasteiger partial charge in [-0.15, -0.1) is 0 Å². The van der Waals surface area contributed by atoms with Gasteiger partial charge in [0.2, 0.25) is 0 Å². The maximum atomic E-state index is 13.4. The molecule has 0 unspecified atom stereocenters. The van der Waals surface area contributed by atoms with Gasteiger partial charge in [-0.2, -0.15) is 0 Å². The number of rotatable bonds is 3. The second-order valence-corrected chi connectivity index (χ2v) is 4.50. The van der Waals surface area contributed by atoms with E-state index in [0.29, 0.717) is 23.8 Å². The SMILES string of the molecule is OCC#Cc1cc(F)cc(OCC2CCOCC2)c1. The third kappa shape index (κ3) is 4.55. The van der Waals surface area contributed by atoms with Crippen LogP contribution in [0.3, 0.4) is 0 Å². The first kappa shape index (κ1) is 13.9. The van der Waals surface area contributed by atoms with E-state index in [4.69, 9.17) is 14.6 Å². The van der Waals surface area contributed by atoms with E-state index in [2.05, 4.69) is 11.8 Å². The second kappa shape index (κ2) is 7.13. The van der Waals surface area contributed by atoms with Gasteiger partial charge in [0.15, 0.2) is 0 Å². The molecule has 1 aromatic carbocycles. The minimum atomic E-state index is -0.383. The molecule has 0 atom stereocenters. The van der Waals surface area contributed by atoms with Crippen molar-refractivity contribution in [2.45, 2.75) is 12.8 Å². The Hall–Kier alpha value is -1.57. The standard InChI is InChI=1S/C15H17FO3/c16-14-8-13(2-1-5-17)9-15(10-14)19-11-12-3-6-18-7-4-12/h8-10,12,17H,3-7,11H2. The summed E-state index contributed by atoms with van der Waals surface area (Å²) in [6, 6.07) is 4.36. The minimum absolute atomic E-state index is 0.241. The monoisotopic (exact) mass is 264 g/mol. The summed E-state index contributed by atoms with van der Waals surface area (Å²) in [5.41, 5.74) is 0.510. The van der Waals surface area contributed by atoms with Crippen molar-refractivity contribution in [3.8, 4) is 17.6 Å². The van der Waals surface area contributed by atoms with Crippen LogP contribution in [0.4, 0.5) is 4.39 Å². The quantitative estimate of drug-likeness (QED) is 0.848. The normalized spacial score (nSPS) is 15.7. The zero-order chi connectivity index (χ0) is 13.5. The molecule has 1 aliphatic heterocycles. The van der Waals surface area contributed by atoms with Crippen LogP contribution in [0.25, 0.3) is 0 Å². The van der Waals surface area contributed by atoms with E-state index in [0.717, 1.165) is 26.1 Å². The van der Waals surface area contributed by atoms with E-state index in [9.17, 15) is 4.39 Å².